The summed E-state index contributed by atoms with van der Waals surface area (Å²) in [4.78, 5) is 21.3. The van der Waals surface area contributed by atoms with E-state index in [1.807, 2.05) is 0 Å². The van der Waals surface area contributed by atoms with Crippen molar-refractivity contribution in [2.24, 2.45) is 0 Å². The average molecular weight is 530 g/mol. The highest BCUT2D eigenvalue weighted by atomic mass is 32.2. The maximum atomic E-state index is 13.7. The molecule has 0 fully saturated rings. The molecule has 2 aromatic carbocycles. The third kappa shape index (κ3) is 8.25. The molecule has 0 heterocycles. The van der Waals surface area contributed by atoms with E-state index in [0.717, 1.165) is 16.4 Å². The molecule has 0 aromatic heterocycles. The Labute approximate surface area is 209 Å². The summed E-state index contributed by atoms with van der Waals surface area (Å²) in [7, 11) is -4.63. The van der Waals surface area contributed by atoms with E-state index in [0.29, 0.717) is 31.1 Å². The van der Waals surface area contributed by atoms with Crippen molar-refractivity contribution >= 4 is 28.0 Å². The van der Waals surface area contributed by atoms with Gasteiger partial charge in [0.05, 0.1) is 29.4 Å². The molecule has 0 spiro atoms. The summed E-state index contributed by atoms with van der Waals surface area (Å²) in [6, 6.07) is 8.94. The van der Waals surface area contributed by atoms with Crippen molar-refractivity contribution < 1.29 is 40.7 Å². The molecular formula is C25H30F3NO6S. The van der Waals surface area contributed by atoms with E-state index >= 15 is 0 Å². The molecule has 0 amide bonds. The van der Waals surface area contributed by atoms with Gasteiger partial charge in [0.15, 0.2) is 0 Å². The summed E-state index contributed by atoms with van der Waals surface area (Å²) in [6.07, 6.45) is -2.71. The standard InChI is InChI=1S/C25H30F3NO6S/c1-3-34-24(31)11-5-4-6-14-29(20-9-7-10-21(18-20)35-16-8-15-30)36(32,33)23-17-19(2)12-13-22(23)25(26,27)28/h7,9-10,12-13,15,17-18H,3-6,8,11,14,16H2,1-2H3. The summed E-state index contributed by atoms with van der Waals surface area (Å²) in [6.45, 7) is 3.42. The van der Waals surface area contributed by atoms with E-state index in [1.54, 1.807) is 13.0 Å². The fraction of sp³-hybridized carbons (Fsp3) is 0.440. The van der Waals surface area contributed by atoms with Crippen LogP contribution in [0.5, 0.6) is 5.75 Å². The van der Waals surface area contributed by atoms with Crippen LogP contribution in [0.15, 0.2) is 47.4 Å². The highest BCUT2D eigenvalue weighted by molar-refractivity contribution is 7.92. The lowest BCUT2D eigenvalue weighted by Crippen LogP contribution is -2.33. The third-order valence-electron chi connectivity index (χ3n) is 5.17. The average Bonchev–Trinajstić information content (AvgIpc) is 2.81. The number of hydrogen-bond donors (Lipinski definition) is 0. The van der Waals surface area contributed by atoms with Gasteiger partial charge in [0.25, 0.3) is 10.0 Å². The molecule has 0 radical (unpaired) electrons. The maximum absolute atomic E-state index is 13.7. The molecule has 0 N–H and O–H groups in total. The number of nitrogens with zero attached hydrogens (tertiary/aromatic N) is 1. The molecule has 0 aliphatic heterocycles. The van der Waals surface area contributed by atoms with Crippen LogP contribution in [-0.2, 0) is 30.5 Å². The number of ether oxygens (including phenoxy) is 2. The molecule has 36 heavy (non-hydrogen) atoms. The first-order chi connectivity index (χ1) is 17.0. The number of alkyl halides is 3. The molecule has 0 saturated carbocycles. The molecule has 0 saturated heterocycles. The number of sulfonamides is 1. The number of aldehydes is 1. The minimum atomic E-state index is -4.87. The van der Waals surface area contributed by atoms with Crippen LogP contribution >= 0.6 is 0 Å². The molecule has 2 aromatic rings. The first-order valence-corrected chi connectivity index (χ1v) is 13.0. The van der Waals surface area contributed by atoms with Crippen molar-refractivity contribution in [2.45, 2.75) is 57.0 Å². The fourth-order valence-corrected chi connectivity index (χ4v) is 5.27. The second kappa shape index (κ2) is 13.3. The SMILES string of the molecule is CCOC(=O)CCCCCN(c1cccc(OCCC=O)c1)S(=O)(=O)c1cc(C)ccc1C(F)(F)F. The number of rotatable bonds is 14. The third-order valence-corrected chi connectivity index (χ3v) is 7.04. The minimum Gasteiger partial charge on any atom is -0.493 e. The lowest BCUT2D eigenvalue weighted by Gasteiger charge is -2.27. The van der Waals surface area contributed by atoms with Gasteiger partial charge in [-0.1, -0.05) is 18.6 Å². The fourth-order valence-electron chi connectivity index (χ4n) is 3.47. The molecule has 0 aliphatic rings. The second-order valence-electron chi connectivity index (χ2n) is 7.99. The summed E-state index contributed by atoms with van der Waals surface area (Å²) in [5, 5.41) is 0. The number of halogens is 3. The van der Waals surface area contributed by atoms with Gasteiger partial charge >= 0.3 is 12.1 Å². The molecular weight excluding hydrogens is 499 g/mol. The molecule has 0 unspecified atom stereocenters. The highest BCUT2D eigenvalue weighted by Gasteiger charge is 2.39. The quantitative estimate of drug-likeness (QED) is 0.187. The molecule has 0 aliphatic carbocycles. The number of anilines is 1. The van der Waals surface area contributed by atoms with Crippen molar-refractivity contribution in [1.82, 2.24) is 0 Å². The van der Waals surface area contributed by atoms with Gasteiger partial charge in [-0.3, -0.25) is 9.10 Å². The Hall–Kier alpha value is -3.08. The Morgan fingerprint density at radius 3 is 2.50 bits per heavy atom. The van der Waals surface area contributed by atoms with E-state index in [4.69, 9.17) is 9.47 Å². The summed E-state index contributed by atoms with van der Waals surface area (Å²) in [5.41, 5.74) is -0.765. The van der Waals surface area contributed by atoms with Gasteiger partial charge in [0, 0.05) is 25.5 Å². The van der Waals surface area contributed by atoms with Crippen LogP contribution in [0, 0.1) is 6.92 Å². The van der Waals surface area contributed by atoms with Gasteiger partial charge in [0.2, 0.25) is 0 Å². The molecule has 7 nitrogen and oxygen atoms in total. The number of carbonyl (C=O) groups is 2. The van der Waals surface area contributed by atoms with Crippen molar-refractivity contribution in [2.75, 3.05) is 24.1 Å². The zero-order valence-corrected chi connectivity index (χ0v) is 21.0. The molecule has 0 bridgehead atoms. The predicted molar refractivity (Wildman–Crippen MR) is 128 cm³/mol. The number of carbonyl (C=O) groups excluding carboxylic acids is 2. The topological polar surface area (TPSA) is 90.0 Å². The van der Waals surface area contributed by atoms with Crippen LogP contribution in [0.4, 0.5) is 18.9 Å². The number of esters is 1. The van der Waals surface area contributed by atoms with Gasteiger partial charge in [0.1, 0.15) is 12.0 Å². The molecule has 2 rings (SSSR count). The van der Waals surface area contributed by atoms with Gasteiger partial charge < -0.3 is 14.3 Å². The first-order valence-electron chi connectivity index (χ1n) is 11.5. The Kier molecular flexibility index (Phi) is 10.8. The Balaban J connectivity index is 2.40. The van der Waals surface area contributed by atoms with Gasteiger partial charge in [-0.2, -0.15) is 13.2 Å². The molecule has 198 valence electrons. The summed E-state index contributed by atoms with van der Waals surface area (Å²) >= 11 is 0. The van der Waals surface area contributed by atoms with E-state index in [1.165, 1.54) is 31.2 Å². The first kappa shape index (κ1) is 29.2. The Bertz CT molecular complexity index is 1130. The molecule has 0 atom stereocenters. The van der Waals surface area contributed by atoms with Crippen molar-refractivity contribution in [3.63, 3.8) is 0 Å². The van der Waals surface area contributed by atoms with Gasteiger partial charge in [-0.15, -0.1) is 0 Å². The van der Waals surface area contributed by atoms with Crippen molar-refractivity contribution in [3.05, 3.63) is 53.6 Å². The molecule has 11 heteroatoms. The number of benzene rings is 2. The largest absolute Gasteiger partial charge is 0.493 e. The highest BCUT2D eigenvalue weighted by Crippen LogP contribution is 2.37. The van der Waals surface area contributed by atoms with Crippen molar-refractivity contribution in [1.29, 1.82) is 0 Å². The van der Waals surface area contributed by atoms with Crippen LogP contribution < -0.4 is 9.04 Å². The van der Waals surface area contributed by atoms with E-state index in [9.17, 15) is 31.2 Å². The maximum Gasteiger partial charge on any atom is 0.417 e. The van der Waals surface area contributed by atoms with Crippen LogP contribution in [0.3, 0.4) is 0 Å². The van der Waals surface area contributed by atoms with Gasteiger partial charge in [-0.05, 0) is 56.5 Å². The number of aryl methyl sites for hydroxylation is 1. The van der Waals surface area contributed by atoms with Crippen molar-refractivity contribution in [3.8, 4) is 5.75 Å². The Morgan fingerprint density at radius 1 is 1.08 bits per heavy atom. The summed E-state index contributed by atoms with van der Waals surface area (Å²) in [5.74, 6) is -0.0890. The minimum absolute atomic E-state index is 0.0731. The predicted octanol–water partition coefficient (Wildman–Crippen LogP) is 5.30. The summed E-state index contributed by atoms with van der Waals surface area (Å²) < 4.78 is 79.7. The number of hydrogen-bond acceptors (Lipinski definition) is 6. The van der Waals surface area contributed by atoms with E-state index in [2.05, 4.69) is 0 Å². The monoisotopic (exact) mass is 529 g/mol. The zero-order valence-electron chi connectivity index (χ0n) is 20.2. The van der Waals surface area contributed by atoms with Crippen LogP contribution in [-0.4, -0.2) is 40.4 Å². The normalized spacial score (nSPS) is 11.7. The van der Waals surface area contributed by atoms with E-state index < -0.39 is 26.7 Å². The smallest absolute Gasteiger partial charge is 0.417 e. The van der Waals surface area contributed by atoms with E-state index in [-0.39, 0.29) is 50.0 Å². The lowest BCUT2D eigenvalue weighted by molar-refractivity contribution is -0.143. The Morgan fingerprint density at radius 2 is 1.83 bits per heavy atom. The van der Waals surface area contributed by atoms with Crippen LogP contribution in [0.25, 0.3) is 0 Å². The van der Waals surface area contributed by atoms with Crippen LogP contribution in [0.2, 0.25) is 0 Å². The zero-order chi connectivity index (χ0) is 26.8. The van der Waals surface area contributed by atoms with Gasteiger partial charge in [-0.25, -0.2) is 8.42 Å². The lowest BCUT2D eigenvalue weighted by atomic mass is 10.1. The second-order valence-corrected chi connectivity index (χ2v) is 9.82. The number of unbranched alkanes of at least 4 members (excludes halogenated alkanes) is 2. The van der Waals surface area contributed by atoms with Crippen LogP contribution in [0.1, 0.15) is 50.2 Å².